The molecule has 0 saturated heterocycles. The first-order valence-corrected chi connectivity index (χ1v) is 5.46. The van der Waals surface area contributed by atoms with E-state index < -0.39 is 0 Å². The van der Waals surface area contributed by atoms with Gasteiger partial charge in [-0.15, -0.1) is 0 Å². The van der Waals surface area contributed by atoms with Gasteiger partial charge in [-0.1, -0.05) is 17.7 Å². The van der Waals surface area contributed by atoms with Gasteiger partial charge in [0.05, 0.1) is 5.69 Å². The summed E-state index contributed by atoms with van der Waals surface area (Å²) in [5.74, 6) is -0.175. The fourth-order valence-electron chi connectivity index (χ4n) is 1.59. The molecule has 0 amide bonds. The van der Waals surface area contributed by atoms with E-state index in [0.717, 1.165) is 11.3 Å². The first kappa shape index (κ1) is 11.7. The molecule has 3 nitrogen and oxygen atoms in total. The van der Waals surface area contributed by atoms with E-state index in [1.807, 2.05) is 19.1 Å². The average Bonchev–Trinajstić information content (AvgIpc) is 2.35. The first-order valence-electron chi connectivity index (χ1n) is 5.46. The van der Waals surface area contributed by atoms with Crippen molar-refractivity contribution in [3.05, 3.63) is 59.4 Å². The van der Waals surface area contributed by atoms with E-state index in [1.54, 1.807) is 12.3 Å². The lowest BCUT2D eigenvalue weighted by molar-refractivity contribution is 0.585. The van der Waals surface area contributed by atoms with Crippen LogP contribution in [-0.2, 0) is 13.1 Å². The van der Waals surface area contributed by atoms with Gasteiger partial charge in [0, 0.05) is 24.8 Å². The van der Waals surface area contributed by atoms with Crippen LogP contribution in [0, 0.1) is 12.7 Å². The summed E-state index contributed by atoms with van der Waals surface area (Å²) in [5, 5.41) is 3.16. The van der Waals surface area contributed by atoms with Crippen molar-refractivity contribution in [1.82, 2.24) is 15.3 Å². The maximum Gasteiger partial charge on any atom is 0.127 e. The third-order valence-corrected chi connectivity index (χ3v) is 2.47. The molecule has 0 atom stereocenters. The predicted octanol–water partition coefficient (Wildman–Crippen LogP) is 2.21. The van der Waals surface area contributed by atoms with E-state index in [9.17, 15) is 4.39 Å². The van der Waals surface area contributed by atoms with Crippen LogP contribution in [0.1, 0.15) is 16.8 Å². The Bertz CT molecular complexity index is 485. The van der Waals surface area contributed by atoms with Gasteiger partial charge in [0.2, 0.25) is 0 Å². The first-order chi connectivity index (χ1) is 8.25. The third-order valence-electron chi connectivity index (χ3n) is 2.47. The van der Waals surface area contributed by atoms with Gasteiger partial charge in [-0.2, -0.15) is 0 Å². The fourth-order valence-corrected chi connectivity index (χ4v) is 1.59. The lowest BCUT2D eigenvalue weighted by Gasteiger charge is -2.06. The zero-order valence-corrected chi connectivity index (χ0v) is 9.65. The largest absolute Gasteiger partial charge is 0.307 e. The summed E-state index contributed by atoms with van der Waals surface area (Å²) in [5.41, 5.74) is 2.64. The van der Waals surface area contributed by atoms with Crippen molar-refractivity contribution < 1.29 is 4.39 Å². The van der Waals surface area contributed by atoms with Crippen LogP contribution in [0.5, 0.6) is 0 Å². The van der Waals surface area contributed by atoms with Crippen LogP contribution >= 0.6 is 0 Å². The highest BCUT2D eigenvalue weighted by Gasteiger charge is 2.01. The molecule has 0 fully saturated rings. The molecule has 0 bridgehead atoms. The van der Waals surface area contributed by atoms with Crippen LogP contribution in [0.2, 0.25) is 0 Å². The number of benzene rings is 1. The Kier molecular flexibility index (Phi) is 3.77. The molecule has 1 aromatic heterocycles. The molecular weight excluding hydrogens is 217 g/mol. The number of aryl methyl sites for hydroxylation is 1. The predicted molar refractivity (Wildman–Crippen MR) is 63.7 cm³/mol. The monoisotopic (exact) mass is 231 g/mol. The van der Waals surface area contributed by atoms with Gasteiger partial charge < -0.3 is 5.32 Å². The molecular formula is C13H14FN3. The smallest absolute Gasteiger partial charge is 0.127 e. The molecule has 0 unspecified atom stereocenters. The minimum Gasteiger partial charge on any atom is -0.307 e. The molecule has 2 rings (SSSR count). The molecule has 0 aliphatic carbocycles. The van der Waals surface area contributed by atoms with E-state index in [2.05, 4.69) is 15.3 Å². The van der Waals surface area contributed by atoms with Crippen LogP contribution in [0.3, 0.4) is 0 Å². The fraction of sp³-hybridized carbons (Fsp3) is 0.231. The van der Waals surface area contributed by atoms with Crippen molar-refractivity contribution in [3.63, 3.8) is 0 Å². The molecule has 1 aromatic carbocycles. The summed E-state index contributed by atoms with van der Waals surface area (Å²) >= 11 is 0. The highest BCUT2D eigenvalue weighted by Crippen LogP contribution is 2.09. The Balaban J connectivity index is 1.92. The Morgan fingerprint density at radius 3 is 2.88 bits per heavy atom. The molecule has 1 N–H and O–H groups in total. The van der Waals surface area contributed by atoms with Crippen molar-refractivity contribution >= 4 is 0 Å². The molecule has 0 spiro atoms. The molecule has 2 aromatic rings. The minimum atomic E-state index is -0.175. The van der Waals surface area contributed by atoms with Gasteiger partial charge in [-0.25, -0.2) is 14.4 Å². The molecule has 0 aliphatic heterocycles. The topological polar surface area (TPSA) is 37.8 Å². The second-order valence-corrected chi connectivity index (χ2v) is 3.90. The second-order valence-electron chi connectivity index (χ2n) is 3.90. The minimum absolute atomic E-state index is 0.175. The van der Waals surface area contributed by atoms with Gasteiger partial charge in [-0.3, -0.25) is 0 Å². The average molecular weight is 231 g/mol. The van der Waals surface area contributed by atoms with Gasteiger partial charge >= 0.3 is 0 Å². The Morgan fingerprint density at radius 2 is 2.12 bits per heavy atom. The maximum atomic E-state index is 13.4. The molecule has 0 radical (unpaired) electrons. The Morgan fingerprint density at radius 1 is 1.24 bits per heavy atom. The van der Waals surface area contributed by atoms with E-state index in [-0.39, 0.29) is 5.82 Å². The summed E-state index contributed by atoms with van der Waals surface area (Å²) < 4.78 is 13.4. The Hall–Kier alpha value is -1.81. The summed E-state index contributed by atoms with van der Waals surface area (Å²) in [6, 6.07) is 6.95. The normalized spacial score (nSPS) is 10.5. The molecule has 1 heterocycles. The number of nitrogens with one attached hydrogen (secondary N) is 1. The molecule has 88 valence electrons. The maximum absolute atomic E-state index is 13.4. The number of hydrogen-bond donors (Lipinski definition) is 1. The number of nitrogens with zero attached hydrogens (tertiary/aromatic N) is 2. The standard InChI is InChI=1S/C13H14FN3/c1-10-2-3-13(14)11(6-10)7-16-8-12-4-5-15-9-17-12/h2-6,9,16H,7-8H2,1H3. The van der Waals surface area contributed by atoms with E-state index >= 15 is 0 Å². The summed E-state index contributed by atoms with van der Waals surface area (Å²) in [7, 11) is 0. The van der Waals surface area contributed by atoms with Crippen LogP contribution in [0.4, 0.5) is 4.39 Å². The summed E-state index contributed by atoms with van der Waals surface area (Å²) in [6.07, 6.45) is 3.20. The lowest BCUT2D eigenvalue weighted by Crippen LogP contribution is -2.14. The molecule has 17 heavy (non-hydrogen) atoms. The van der Waals surface area contributed by atoms with Crippen LogP contribution < -0.4 is 5.32 Å². The zero-order chi connectivity index (χ0) is 12.1. The SMILES string of the molecule is Cc1ccc(F)c(CNCc2ccncn2)c1. The number of hydrogen-bond acceptors (Lipinski definition) is 3. The van der Waals surface area contributed by atoms with Crippen molar-refractivity contribution in [3.8, 4) is 0 Å². The summed E-state index contributed by atoms with van der Waals surface area (Å²) in [6.45, 7) is 3.06. The van der Waals surface area contributed by atoms with Crippen LogP contribution in [0.15, 0.2) is 36.8 Å². The van der Waals surface area contributed by atoms with Gasteiger partial charge in [0.1, 0.15) is 12.1 Å². The van der Waals surface area contributed by atoms with Gasteiger partial charge in [0.15, 0.2) is 0 Å². The third kappa shape index (κ3) is 3.32. The van der Waals surface area contributed by atoms with E-state index in [1.165, 1.54) is 12.4 Å². The summed E-state index contributed by atoms with van der Waals surface area (Å²) in [4.78, 5) is 7.92. The second kappa shape index (κ2) is 5.50. The molecule has 0 saturated carbocycles. The van der Waals surface area contributed by atoms with Crippen LogP contribution in [0.25, 0.3) is 0 Å². The molecule has 4 heteroatoms. The van der Waals surface area contributed by atoms with E-state index in [4.69, 9.17) is 0 Å². The van der Waals surface area contributed by atoms with Crippen molar-refractivity contribution in [2.75, 3.05) is 0 Å². The molecule has 0 aliphatic rings. The zero-order valence-electron chi connectivity index (χ0n) is 9.65. The Labute approximate surface area is 99.7 Å². The number of rotatable bonds is 4. The highest BCUT2D eigenvalue weighted by molar-refractivity contribution is 5.23. The van der Waals surface area contributed by atoms with E-state index in [0.29, 0.717) is 18.7 Å². The number of aromatic nitrogens is 2. The van der Waals surface area contributed by atoms with Gasteiger partial charge in [-0.05, 0) is 19.1 Å². The highest BCUT2D eigenvalue weighted by atomic mass is 19.1. The van der Waals surface area contributed by atoms with Crippen molar-refractivity contribution in [2.24, 2.45) is 0 Å². The van der Waals surface area contributed by atoms with Gasteiger partial charge in [0.25, 0.3) is 0 Å². The lowest BCUT2D eigenvalue weighted by atomic mass is 10.1. The van der Waals surface area contributed by atoms with Crippen molar-refractivity contribution in [1.29, 1.82) is 0 Å². The van der Waals surface area contributed by atoms with Crippen molar-refractivity contribution in [2.45, 2.75) is 20.0 Å². The number of halogens is 1. The quantitative estimate of drug-likeness (QED) is 0.876. The van der Waals surface area contributed by atoms with Crippen LogP contribution in [-0.4, -0.2) is 9.97 Å².